The highest BCUT2D eigenvalue weighted by Crippen LogP contribution is 2.29. The third kappa shape index (κ3) is 1.86. The molecule has 0 amide bonds. The van der Waals surface area contributed by atoms with Crippen LogP contribution in [0.2, 0.25) is 0 Å². The van der Waals surface area contributed by atoms with Crippen molar-refractivity contribution in [2.75, 3.05) is 5.32 Å². The lowest BCUT2D eigenvalue weighted by Crippen LogP contribution is -1.94. The number of benzene rings is 1. The molecule has 0 spiro atoms. The summed E-state index contributed by atoms with van der Waals surface area (Å²) in [5, 5.41) is 10.5. The van der Waals surface area contributed by atoms with Crippen LogP contribution < -0.4 is 5.32 Å². The van der Waals surface area contributed by atoms with E-state index in [2.05, 4.69) is 22.6 Å². The fraction of sp³-hybridized carbons (Fsp3) is 0. The van der Waals surface area contributed by atoms with Gasteiger partial charge in [-0.05, 0) is 30.7 Å². The Morgan fingerprint density at radius 3 is 2.78 bits per heavy atom. The molecule has 18 heavy (non-hydrogen) atoms. The Hall–Kier alpha value is -2.56. The molecule has 0 atom stereocenters. The number of nitrogens with zero attached hydrogens (tertiary/aromatic N) is 2. The smallest absolute Gasteiger partial charge is 0.246 e. The van der Waals surface area contributed by atoms with Gasteiger partial charge in [-0.1, -0.05) is 23.3 Å². The summed E-state index contributed by atoms with van der Waals surface area (Å²) < 4.78 is 10.3. The molecule has 0 aliphatic carbocycles. The van der Waals surface area contributed by atoms with Crippen LogP contribution in [-0.4, -0.2) is 10.4 Å². The van der Waals surface area contributed by atoms with E-state index in [1.807, 2.05) is 24.3 Å². The summed E-state index contributed by atoms with van der Waals surface area (Å²) in [5.41, 5.74) is 1.71. The first-order chi connectivity index (χ1) is 8.84. The number of aromatic nitrogens is 2. The summed E-state index contributed by atoms with van der Waals surface area (Å²) in [7, 11) is 0. The van der Waals surface area contributed by atoms with E-state index in [0.717, 1.165) is 11.3 Å². The van der Waals surface area contributed by atoms with Crippen LogP contribution in [0.15, 0.2) is 51.6 Å². The number of furan rings is 1. The summed E-state index contributed by atoms with van der Waals surface area (Å²) in [4.78, 5) is 0. The number of para-hydroxylation sites is 1. The zero-order chi connectivity index (χ0) is 12.4. The normalized spacial score (nSPS) is 10.5. The van der Waals surface area contributed by atoms with Crippen molar-refractivity contribution in [2.24, 2.45) is 0 Å². The predicted octanol–water partition coefficient (Wildman–Crippen LogP) is 3.26. The molecule has 0 aliphatic rings. The quantitative estimate of drug-likeness (QED) is 0.761. The lowest BCUT2D eigenvalue weighted by Gasteiger charge is -2.05. The first kappa shape index (κ1) is 10.6. The van der Waals surface area contributed by atoms with E-state index in [0.29, 0.717) is 17.3 Å². The number of anilines is 2. The molecule has 5 heteroatoms. The Morgan fingerprint density at radius 1 is 1.11 bits per heavy atom. The first-order valence-electron chi connectivity index (χ1n) is 5.39. The molecule has 0 fully saturated rings. The fourth-order valence-electron chi connectivity index (χ4n) is 1.61. The maximum absolute atomic E-state index is 5.26. The predicted molar refractivity (Wildman–Crippen MR) is 66.2 cm³/mol. The molecule has 0 bridgehead atoms. The molecule has 1 radical (unpaired) electrons. The number of hydrogen-bond donors (Lipinski definition) is 1. The van der Waals surface area contributed by atoms with E-state index in [9.17, 15) is 0 Å². The van der Waals surface area contributed by atoms with E-state index >= 15 is 0 Å². The minimum atomic E-state index is 0.461. The second kappa shape index (κ2) is 4.37. The molecule has 3 rings (SSSR count). The Kier molecular flexibility index (Phi) is 2.57. The van der Waals surface area contributed by atoms with Crippen molar-refractivity contribution in [3.63, 3.8) is 0 Å². The minimum absolute atomic E-state index is 0.461. The summed E-state index contributed by atoms with van der Waals surface area (Å²) in [6.45, 7) is 3.93. The zero-order valence-corrected chi connectivity index (χ0v) is 9.46. The molecule has 89 valence electrons. The number of rotatable bonds is 3. The van der Waals surface area contributed by atoms with E-state index < -0.39 is 0 Å². The van der Waals surface area contributed by atoms with Crippen molar-refractivity contribution in [3.05, 3.63) is 55.1 Å². The van der Waals surface area contributed by atoms with Crippen LogP contribution in [0.3, 0.4) is 0 Å². The molecule has 2 heterocycles. The lowest BCUT2D eigenvalue weighted by molar-refractivity contribution is 0.393. The van der Waals surface area contributed by atoms with E-state index in [4.69, 9.17) is 8.94 Å². The Balaban J connectivity index is 1.95. The highest BCUT2D eigenvalue weighted by Gasteiger charge is 2.15. The molecule has 1 aromatic carbocycles. The third-order valence-electron chi connectivity index (χ3n) is 2.50. The number of hydrogen-bond acceptors (Lipinski definition) is 5. The average Bonchev–Trinajstić information content (AvgIpc) is 3.02. The average molecular weight is 240 g/mol. The van der Waals surface area contributed by atoms with Gasteiger partial charge in [-0.3, -0.25) is 0 Å². The third-order valence-corrected chi connectivity index (χ3v) is 2.50. The van der Waals surface area contributed by atoms with Crippen LogP contribution in [0.25, 0.3) is 11.5 Å². The molecule has 1 N–H and O–H groups in total. The molecular formula is C13H10N3O2. The lowest BCUT2D eigenvalue weighted by atomic mass is 10.2. The van der Waals surface area contributed by atoms with E-state index in [-0.39, 0.29) is 0 Å². The SMILES string of the molecule is [CH2]c1ccccc1Nc1nnoc1-c1ccco1. The monoisotopic (exact) mass is 240 g/mol. The molecule has 0 unspecified atom stereocenters. The largest absolute Gasteiger partial charge is 0.461 e. The van der Waals surface area contributed by atoms with Gasteiger partial charge in [0.2, 0.25) is 11.6 Å². The number of nitrogens with one attached hydrogen (secondary N) is 1. The highest BCUT2D eigenvalue weighted by atomic mass is 16.5. The topological polar surface area (TPSA) is 64.1 Å². The second-order valence-electron chi connectivity index (χ2n) is 3.71. The van der Waals surface area contributed by atoms with Gasteiger partial charge in [0, 0.05) is 11.0 Å². The Morgan fingerprint density at radius 2 is 2.00 bits per heavy atom. The zero-order valence-electron chi connectivity index (χ0n) is 9.46. The summed E-state index contributed by atoms with van der Waals surface area (Å²) >= 11 is 0. The maximum Gasteiger partial charge on any atom is 0.246 e. The van der Waals surface area contributed by atoms with E-state index in [1.54, 1.807) is 18.4 Å². The van der Waals surface area contributed by atoms with Gasteiger partial charge in [0.15, 0.2) is 5.76 Å². The Bertz CT molecular complexity index is 644. The standard InChI is InChI=1S/C13H10N3O2/c1-9-5-2-3-6-10(9)14-13-12(18-16-15-13)11-7-4-8-17-11/h2-8,14H,1H2. The molecule has 5 nitrogen and oxygen atoms in total. The molecule has 0 aliphatic heterocycles. The van der Waals surface area contributed by atoms with Crippen molar-refractivity contribution < 1.29 is 8.94 Å². The molecule has 2 aromatic heterocycles. The van der Waals surface area contributed by atoms with Crippen LogP contribution in [0.1, 0.15) is 5.56 Å². The van der Waals surface area contributed by atoms with Crippen molar-refractivity contribution in [1.82, 2.24) is 10.4 Å². The van der Waals surface area contributed by atoms with Gasteiger partial charge in [-0.2, -0.15) is 0 Å². The van der Waals surface area contributed by atoms with Gasteiger partial charge in [-0.15, -0.1) is 0 Å². The van der Waals surface area contributed by atoms with Gasteiger partial charge >= 0.3 is 0 Å². The van der Waals surface area contributed by atoms with Gasteiger partial charge in [0.05, 0.1) is 6.26 Å². The van der Waals surface area contributed by atoms with Crippen LogP contribution in [-0.2, 0) is 0 Å². The summed E-state index contributed by atoms with van der Waals surface area (Å²) in [6.07, 6.45) is 1.57. The Labute approximate surface area is 103 Å². The van der Waals surface area contributed by atoms with E-state index in [1.165, 1.54) is 0 Å². The highest BCUT2D eigenvalue weighted by molar-refractivity contribution is 5.71. The van der Waals surface area contributed by atoms with Crippen molar-refractivity contribution >= 4 is 11.5 Å². The maximum atomic E-state index is 5.26. The summed E-state index contributed by atoms with van der Waals surface area (Å²) in [6, 6.07) is 11.2. The van der Waals surface area contributed by atoms with Gasteiger partial charge in [0.1, 0.15) is 0 Å². The fourth-order valence-corrected chi connectivity index (χ4v) is 1.61. The van der Waals surface area contributed by atoms with Gasteiger partial charge in [-0.25, -0.2) is 0 Å². The summed E-state index contributed by atoms with van der Waals surface area (Å²) in [5.74, 6) is 1.54. The molecular weight excluding hydrogens is 230 g/mol. The van der Waals surface area contributed by atoms with Crippen molar-refractivity contribution in [3.8, 4) is 11.5 Å². The van der Waals surface area contributed by atoms with Gasteiger partial charge in [0.25, 0.3) is 0 Å². The van der Waals surface area contributed by atoms with Crippen LogP contribution in [0.4, 0.5) is 11.5 Å². The van der Waals surface area contributed by atoms with Crippen molar-refractivity contribution in [1.29, 1.82) is 0 Å². The minimum Gasteiger partial charge on any atom is -0.461 e. The van der Waals surface area contributed by atoms with Crippen LogP contribution in [0, 0.1) is 6.92 Å². The molecule has 3 aromatic rings. The van der Waals surface area contributed by atoms with Crippen LogP contribution in [0.5, 0.6) is 0 Å². The van der Waals surface area contributed by atoms with Crippen molar-refractivity contribution in [2.45, 2.75) is 0 Å². The molecule has 0 saturated carbocycles. The molecule has 0 saturated heterocycles. The first-order valence-corrected chi connectivity index (χ1v) is 5.39. The van der Waals surface area contributed by atoms with Crippen LogP contribution >= 0.6 is 0 Å². The second-order valence-corrected chi connectivity index (χ2v) is 3.71. The van der Waals surface area contributed by atoms with Gasteiger partial charge < -0.3 is 14.3 Å².